The topological polar surface area (TPSA) is 100 Å². The summed E-state index contributed by atoms with van der Waals surface area (Å²) >= 11 is 0. The van der Waals surface area contributed by atoms with Gasteiger partial charge in [-0.05, 0) is 12.1 Å². The number of terminal acetylenes is 1. The molecule has 0 spiro atoms. The Hall–Kier alpha value is -2.22. The number of carbonyl (C=O) groups is 1. The summed E-state index contributed by atoms with van der Waals surface area (Å²) in [6.07, 6.45) is 6.76. The fourth-order valence-electron chi connectivity index (χ4n) is 1.85. The van der Waals surface area contributed by atoms with Crippen LogP contribution in [0.2, 0.25) is 0 Å². The Kier molecular flexibility index (Phi) is 14.4. The van der Waals surface area contributed by atoms with E-state index in [0.29, 0.717) is 77.4 Å². The van der Waals surface area contributed by atoms with Crippen LogP contribution in [0.5, 0.6) is 0 Å². The Bertz CT molecular complexity index is 562. The number of amides is 2. The van der Waals surface area contributed by atoms with Gasteiger partial charge in [-0.15, -0.1) is 6.42 Å². The van der Waals surface area contributed by atoms with Crippen molar-refractivity contribution in [3.05, 3.63) is 23.9 Å². The average molecular weight is 395 g/mol. The molecule has 0 saturated carbocycles. The highest BCUT2D eigenvalue weighted by Gasteiger charge is 2.01. The Morgan fingerprint density at radius 2 is 1.54 bits per heavy atom. The summed E-state index contributed by atoms with van der Waals surface area (Å²) in [6.45, 7) is 4.89. The number of nitrogens with zero attached hydrogens (tertiary/aromatic N) is 1. The van der Waals surface area contributed by atoms with Crippen molar-refractivity contribution in [2.24, 2.45) is 0 Å². The lowest BCUT2D eigenvalue weighted by Gasteiger charge is -2.09. The molecule has 0 bridgehead atoms. The highest BCUT2D eigenvalue weighted by Crippen LogP contribution is 2.03. The average Bonchev–Trinajstić information content (AvgIpc) is 2.71. The largest absolute Gasteiger partial charge is 0.382 e. The predicted molar refractivity (Wildman–Crippen MR) is 104 cm³/mol. The number of aromatic nitrogens is 1. The number of nitrogens with one attached hydrogen (secondary N) is 2. The van der Waals surface area contributed by atoms with Crippen LogP contribution in [0.4, 0.5) is 10.6 Å². The van der Waals surface area contributed by atoms with Crippen LogP contribution < -0.4 is 10.6 Å². The summed E-state index contributed by atoms with van der Waals surface area (Å²) in [5.41, 5.74) is 0.653. The van der Waals surface area contributed by atoms with E-state index in [1.54, 1.807) is 19.2 Å². The third-order valence-corrected chi connectivity index (χ3v) is 3.25. The molecule has 156 valence electrons. The summed E-state index contributed by atoms with van der Waals surface area (Å²) in [7, 11) is 1.63. The minimum Gasteiger partial charge on any atom is -0.382 e. The molecule has 0 aromatic carbocycles. The summed E-state index contributed by atoms with van der Waals surface area (Å²) in [4.78, 5) is 15.7. The van der Waals surface area contributed by atoms with Gasteiger partial charge in [-0.25, -0.2) is 9.78 Å². The van der Waals surface area contributed by atoms with Crippen LogP contribution in [0.15, 0.2) is 18.3 Å². The molecule has 0 atom stereocenters. The lowest BCUT2D eigenvalue weighted by atomic mass is 10.3. The van der Waals surface area contributed by atoms with Crippen molar-refractivity contribution >= 4 is 11.8 Å². The fraction of sp³-hybridized carbons (Fsp3) is 0.579. The van der Waals surface area contributed by atoms with Gasteiger partial charge >= 0.3 is 6.03 Å². The molecule has 2 N–H and O–H groups in total. The highest BCUT2D eigenvalue weighted by molar-refractivity contribution is 5.88. The smallest absolute Gasteiger partial charge is 0.320 e. The standard InChI is InChI=1S/C19H29N3O6/c1-3-17-4-5-18(21-16-17)22-19(23)20-6-7-25-10-11-27-14-15-28-13-12-26-9-8-24-2/h1,4-5,16H,6-15H2,2H3,(H2,20,21,22,23). The molecule has 0 radical (unpaired) electrons. The minimum absolute atomic E-state index is 0.357. The molecule has 0 saturated heterocycles. The molecule has 0 unspecified atom stereocenters. The molecule has 1 aromatic rings. The van der Waals surface area contributed by atoms with Crippen LogP contribution in [-0.4, -0.2) is 84.1 Å². The van der Waals surface area contributed by atoms with Crippen LogP contribution in [0, 0.1) is 12.3 Å². The quantitative estimate of drug-likeness (QED) is 0.317. The van der Waals surface area contributed by atoms with Crippen molar-refractivity contribution in [1.82, 2.24) is 10.3 Å². The lowest BCUT2D eigenvalue weighted by molar-refractivity contribution is -0.00737. The second-order valence-corrected chi connectivity index (χ2v) is 5.40. The monoisotopic (exact) mass is 395 g/mol. The first-order valence-electron chi connectivity index (χ1n) is 9.03. The van der Waals surface area contributed by atoms with Crippen molar-refractivity contribution in [1.29, 1.82) is 0 Å². The molecule has 1 aromatic heterocycles. The molecule has 0 aliphatic heterocycles. The van der Waals surface area contributed by atoms with E-state index >= 15 is 0 Å². The molecular weight excluding hydrogens is 366 g/mol. The van der Waals surface area contributed by atoms with E-state index in [0.717, 1.165) is 0 Å². The number of rotatable bonds is 16. The highest BCUT2D eigenvalue weighted by atomic mass is 16.6. The first kappa shape index (κ1) is 23.8. The number of carbonyl (C=O) groups excluding carboxylic acids is 1. The number of anilines is 1. The Labute approximate surface area is 166 Å². The third kappa shape index (κ3) is 13.0. The number of ether oxygens (including phenoxy) is 5. The maximum atomic E-state index is 11.7. The summed E-state index contributed by atoms with van der Waals surface area (Å²) in [5.74, 6) is 2.88. The Morgan fingerprint density at radius 3 is 2.04 bits per heavy atom. The van der Waals surface area contributed by atoms with Crippen LogP contribution in [-0.2, 0) is 23.7 Å². The van der Waals surface area contributed by atoms with Gasteiger partial charge in [-0.1, -0.05) is 5.92 Å². The molecular formula is C19H29N3O6. The van der Waals surface area contributed by atoms with Gasteiger partial charge in [0.1, 0.15) is 5.82 Å². The first-order valence-corrected chi connectivity index (χ1v) is 9.03. The first-order chi connectivity index (χ1) is 13.8. The molecule has 9 heteroatoms. The number of urea groups is 1. The van der Waals surface area contributed by atoms with Crippen molar-refractivity contribution < 1.29 is 28.5 Å². The molecule has 1 heterocycles. The maximum absolute atomic E-state index is 11.7. The van der Waals surface area contributed by atoms with Crippen molar-refractivity contribution in [3.63, 3.8) is 0 Å². The van der Waals surface area contributed by atoms with Gasteiger partial charge < -0.3 is 29.0 Å². The minimum atomic E-state index is -0.357. The lowest BCUT2D eigenvalue weighted by Crippen LogP contribution is -2.32. The molecule has 1 rings (SSSR count). The second-order valence-electron chi connectivity index (χ2n) is 5.40. The molecule has 28 heavy (non-hydrogen) atoms. The van der Waals surface area contributed by atoms with Crippen LogP contribution >= 0.6 is 0 Å². The van der Waals surface area contributed by atoms with E-state index in [1.165, 1.54) is 6.20 Å². The Morgan fingerprint density at radius 1 is 0.964 bits per heavy atom. The number of methoxy groups -OCH3 is 1. The predicted octanol–water partition coefficient (Wildman–Crippen LogP) is 0.897. The second kappa shape index (κ2) is 16.9. The van der Waals surface area contributed by atoms with Gasteiger partial charge in [0, 0.05) is 25.4 Å². The maximum Gasteiger partial charge on any atom is 0.320 e. The zero-order valence-corrected chi connectivity index (χ0v) is 16.3. The molecule has 0 aliphatic rings. The molecule has 9 nitrogen and oxygen atoms in total. The van der Waals surface area contributed by atoms with Gasteiger partial charge in [-0.3, -0.25) is 5.32 Å². The number of hydrogen-bond donors (Lipinski definition) is 2. The van der Waals surface area contributed by atoms with E-state index in [9.17, 15) is 4.79 Å². The van der Waals surface area contributed by atoms with Crippen LogP contribution in [0.3, 0.4) is 0 Å². The molecule has 2 amide bonds. The van der Waals surface area contributed by atoms with Gasteiger partial charge in [0.25, 0.3) is 0 Å². The van der Waals surface area contributed by atoms with E-state index in [1.807, 2.05) is 0 Å². The van der Waals surface area contributed by atoms with Crippen LogP contribution in [0.25, 0.3) is 0 Å². The van der Waals surface area contributed by atoms with Crippen molar-refractivity contribution in [3.8, 4) is 12.3 Å². The van der Waals surface area contributed by atoms with E-state index in [4.69, 9.17) is 30.1 Å². The van der Waals surface area contributed by atoms with Crippen LogP contribution in [0.1, 0.15) is 5.56 Å². The van der Waals surface area contributed by atoms with E-state index in [2.05, 4.69) is 21.5 Å². The summed E-state index contributed by atoms with van der Waals surface area (Å²) in [5, 5.41) is 5.27. The van der Waals surface area contributed by atoms with E-state index in [-0.39, 0.29) is 6.03 Å². The van der Waals surface area contributed by atoms with Crippen molar-refractivity contribution in [2.45, 2.75) is 0 Å². The SMILES string of the molecule is C#Cc1ccc(NC(=O)NCCOCCOCCOCCOCCOC)nc1. The zero-order valence-electron chi connectivity index (χ0n) is 16.3. The summed E-state index contributed by atoms with van der Waals surface area (Å²) in [6, 6.07) is 2.98. The van der Waals surface area contributed by atoms with E-state index < -0.39 is 0 Å². The zero-order chi connectivity index (χ0) is 20.3. The number of pyridine rings is 1. The Balaban J connectivity index is 1.84. The molecule has 0 aliphatic carbocycles. The molecule has 0 fully saturated rings. The van der Waals surface area contributed by atoms with Gasteiger partial charge in [0.05, 0.1) is 59.5 Å². The fourth-order valence-corrected chi connectivity index (χ4v) is 1.85. The number of hydrogen-bond acceptors (Lipinski definition) is 7. The third-order valence-electron chi connectivity index (χ3n) is 3.25. The van der Waals surface area contributed by atoms with Crippen molar-refractivity contribution in [2.75, 3.05) is 78.4 Å². The van der Waals surface area contributed by atoms with Gasteiger partial charge in [0.15, 0.2) is 0 Å². The normalized spacial score (nSPS) is 10.4. The van der Waals surface area contributed by atoms with Gasteiger partial charge in [0.2, 0.25) is 0 Å². The van der Waals surface area contributed by atoms with Gasteiger partial charge in [-0.2, -0.15) is 0 Å². The summed E-state index contributed by atoms with van der Waals surface area (Å²) < 4.78 is 26.2.